The number of aryl methyl sites for hydroxylation is 2. The number of amides is 1. The Morgan fingerprint density at radius 2 is 1.79 bits per heavy atom. The molecule has 5 aromatic rings. The van der Waals surface area contributed by atoms with Gasteiger partial charge in [0.1, 0.15) is 17.8 Å². The van der Waals surface area contributed by atoms with Crippen molar-refractivity contribution in [1.82, 2.24) is 24.5 Å². The van der Waals surface area contributed by atoms with E-state index in [4.69, 9.17) is 10.5 Å². The molecular formula is C28H24FN7O2. The third-order valence-corrected chi connectivity index (χ3v) is 5.99. The van der Waals surface area contributed by atoms with Gasteiger partial charge in [-0.25, -0.2) is 19.3 Å². The van der Waals surface area contributed by atoms with Crippen molar-refractivity contribution in [1.29, 1.82) is 0 Å². The van der Waals surface area contributed by atoms with Crippen molar-refractivity contribution in [3.05, 3.63) is 84.8 Å². The van der Waals surface area contributed by atoms with Crippen molar-refractivity contribution in [2.75, 3.05) is 11.1 Å². The number of carbonyl (C=O) groups excluding carboxylic acids is 1. The minimum atomic E-state index is -0.582. The molecule has 0 saturated carbocycles. The van der Waals surface area contributed by atoms with Crippen LogP contribution in [0.5, 0.6) is 11.6 Å². The molecule has 5 rings (SSSR count). The maximum atomic E-state index is 15.3. The summed E-state index contributed by atoms with van der Waals surface area (Å²) in [5, 5.41) is 3.39. The summed E-state index contributed by atoms with van der Waals surface area (Å²) in [5.74, 6) is -0.380. The molecular weight excluding hydrogens is 485 g/mol. The van der Waals surface area contributed by atoms with Crippen LogP contribution in [0, 0.1) is 12.7 Å². The average molecular weight is 510 g/mol. The van der Waals surface area contributed by atoms with Crippen LogP contribution in [0.1, 0.15) is 12.6 Å². The molecule has 3 heterocycles. The maximum absolute atomic E-state index is 15.3. The van der Waals surface area contributed by atoms with Crippen LogP contribution in [0.25, 0.3) is 33.4 Å². The highest BCUT2D eigenvalue weighted by Gasteiger charge is 2.23. The molecule has 10 heteroatoms. The fourth-order valence-corrected chi connectivity index (χ4v) is 4.13. The van der Waals surface area contributed by atoms with Gasteiger partial charge >= 0.3 is 0 Å². The van der Waals surface area contributed by atoms with Gasteiger partial charge in [0, 0.05) is 23.9 Å². The number of anilines is 2. The van der Waals surface area contributed by atoms with Gasteiger partial charge in [0.2, 0.25) is 5.88 Å². The minimum absolute atomic E-state index is 0.00974. The number of hydrogen-bond donors (Lipinski definition) is 2. The number of rotatable bonds is 6. The Morgan fingerprint density at radius 3 is 2.45 bits per heavy atom. The molecule has 9 nitrogen and oxygen atoms in total. The molecule has 3 aromatic heterocycles. The molecule has 0 unspecified atom stereocenters. The highest BCUT2D eigenvalue weighted by Crippen LogP contribution is 2.42. The van der Waals surface area contributed by atoms with E-state index >= 15 is 4.39 Å². The van der Waals surface area contributed by atoms with E-state index in [9.17, 15) is 4.79 Å². The zero-order valence-electron chi connectivity index (χ0n) is 21.0. The lowest BCUT2D eigenvalue weighted by Gasteiger charge is -2.12. The van der Waals surface area contributed by atoms with Crippen molar-refractivity contribution < 1.29 is 13.9 Å². The summed E-state index contributed by atoms with van der Waals surface area (Å²) in [7, 11) is 1.86. The second-order valence-corrected chi connectivity index (χ2v) is 8.80. The summed E-state index contributed by atoms with van der Waals surface area (Å²) < 4.78 is 22.8. The number of aromatic nitrogens is 5. The Kier molecular flexibility index (Phi) is 6.29. The van der Waals surface area contributed by atoms with Gasteiger partial charge in [0.25, 0.3) is 5.91 Å². The van der Waals surface area contributed by atoms with Crippen LogP contribution in [0.2, 0.25) is 0 Å². The number of ether oxygens (including phenoxy) is 1. The number of benzene rings is 2. The Bertz CT molecular complexity index is 1690. The fourth-order valence-electron chi connectivity index (χ4n) is 4.13. The molecule has 190 valence electrons. The number of nitrogens with zero attached hydrogens (tertiary/aromatic N) is 5. The van der Waals surface area contributed by atoms with Crippen LogP contribution in [0.15, 0.2) is 73.3 Å². The number of hydrogen-bond acceptors (Lipinski definition) is 7. The molecule has 0 atom stereocenters. The molecule has 0 bridgehead atoms. The van der Waals surface area contributed by atoms with Gasteiger partial charge in [-0.1, -0.05) is 24.8 Å². The highest BCUT2D eigenvalue weighted by atomic mass is 19.1. The molecule has 0 spiro atoms. The predicted molar refractivity (Wildman–Crippen MR) is 144 cm³/mol. The second-order valence-electron chi connectivity index (χ2n) is 8.80. The Balaban J connectivity index is 1.60. The van der Waals surface area contributed by atoms with E-state index in [0.717, 1.165) is 17.0 Å². The van der Waals surface area contributed by atoms with E-state index in [1.807, 2.05) is 23.7 Å². The van der Waals surface area contributed by atoms with Gasteiger partial charge in [0.05, 0.1) is 29.2 Å². The standard InChI is InChI=1S/C28H24FN7O2/c1-15(2)28(37)35-19-8-5-17(6-9-19)25-23(24-26(30)33-14-34-27(24)36(25)4)18-7-10-21(20(29)11-18)38-22-13-31-16(3)12-32-22/h5-14H,1H2,2-4H3,(H,35,37)(H2,30,33,34). The van der Waals surface area contributed by atoms with Crippen LogP contribution >= 0.6 is 0 Å². The largest absolute Gasteiger partial charge is 0.434 e. The lowest BCUT2D eigenvalue weighted by atomic mass is 9.98. The molecule has 2 aromatic carbocycles. The topological polar surface area (TPSA) is 121 Å². The molecule has 38 heavy (non-hydrogen) atoms. The first-order valence-corrected chi connectivity index (χ1v) is 11.7. The molecule has 3 N–H and O–H groups in total. The van der Waals surface area contributed by atoms with Gasteiger partial charge in [-0.05, 0) is 49.2 Å². The monoisotopic (exact) mass is 509 g/mol. The van der Waals surface area contributed by atoms with Crippen LogP contribution in [-0.2, 0) is 11.8 Å². The van der Waals surface area contributed by atoms with Gasteiger partial charge in [0.15, 0.2) is 11.6 Å². The first-order chi connectivity index (χ1) is 18.2. The number of nitrogen functional groups attached to an aromatic ring is 1. The highest BCUT2D eigenvalue weighted by molar-refractivity contribution is 6.08. The van der Waals surface area contributed by atoms with Crippen molar-refractivity contribution in [3.8, 4) is 34.0 Å². The van der Waals surface area contributed by atoms with E-state index in [0.29, 0.717) is 33.4 Å². The normalized spacial score (nSPS) is 10.9. The predicted octanol–water partition coefficient (Wildman–Crippen LogP) is 5.43. The molecule has 0 saturated heterocycles. The molecule has 0 radical (unpaired) electrons. The van der Waals surface area contributed by atoms with Crippen LogP contribution in [0.3, 0.4) is 0 Å². The summed E-state index contributed by atoms with van der Waals surface area (Å²) in [4.78, 5) is 28.8. The number of nitrogens with two attached hydrogens (primary N) is 1. The Labute approximate surface area is 217 Å². The fraction of sp³-hybridized carbons (Fsp3) is 0.107. The molecule has 1 amide bonds. The van der Waals surface area contributed by atoms with Gasteiger partial charge in [-0.15, -0.1) is 0 Å². The van der Waals surface area contributed by atoms with E-state index < -0.39 is 5.82 Å². The number of nitrogens with one attached hydrogen (secondary N) is 1. The van der Waals surface area contributed by atoms with Crippen LogP contribution in [-0.4, -0.2) is 30.4 Å². The summed E-state index contributed by atoms with van der Waals surface area (Å²) >= 11 is 0. The number of fused-ring (bicyclic) bond motifs is 1. The van der Waals surface area contributed by atoms with E-state index in [1.165, 1.54) is 24.7 Å². The average Bonchev–Trinajstić information content (AvgIpc) is 3.20. The molecule has 0 fully saturated rings. The second kappa shape index (κ2) is 9.74. The first-order valence-electron chi connectivity index (χ1n) is 11.7. The van der Waals surface area contributed by atoms with Gasteiger partial charge in [-0.3, -0.25) is 9.78 Å². The summed E-state index contributed by atoms with van der Waals surface area (Å²) in [5.41, 5.74) is 11.4. The van der Waals surface area contributed by atoms with E-state index in [-0.39, 0.29) is 23.4 Å². The smallest absolute Gasteiger partial charge is 0.250 e. The zero-order chi connectivity index (χ0) is 27.0. The summed E-state index contributed by atoms with van der Waals surface area (Å²) in [6, 6.07) is 11.9. The number of halogens is 1. The Morgan fingerprint density at radius 1 is 1.05 bits per heavy atom. The van der Waals surface area contributed by atoms with Crippen molar-refractivity contribution >= 4 is 28.4 Å². The van der Waals surface area contributed by atoms with Crippen molar-refractivity contribution in [2.24, 2.45) is 7.05 Å². The summed E-state index contributed by atoms with van der Waals surface area (Å²) in [6.45, 7) is 7.10. The third kappa shape index (κ3) is 4.55. The lowest BCUT2D eigenvalue weighted by molar-refractivity contribution is -0.112. The van der Waals surface area contributed by atoms with Gasteiger partial charge < -0.3 is 20.4 Å². The van der Waals surface area contributed by atoms with Crippen LogP contribution < -0.4 is 15.8 Å². The van der Waals surface area contributed by atoms with Crippen LogP contribution in [0.4, 0.5) is 15.9 Å². The molecule has 0 aliphatic heterocycles. The molecule has 0 aliphatic rings. The molecule has 0 aliphatic carbocycles. The quantitative estimate of drug-likeness (QED) is 0.293. The van der Waals surface area contributed by atoms with Gasteiger partial charge in [-0.2, -0.15) is 0 Å². The maximum Gasteiger partial charge on any atom is 0.250 e. The minimum Gasteiger partial charge on any atom is -0.434 e. The zero-order valence-corrected chi connectivity index (χ0v) is 21.0. The third-order valence-electron chi connectivity index (χ3n) is 5.99. The summed E-state index contributed by atoms with van der Waals surface area (Å²) in [6.07, 6.45) is 4.37. The van der Waals surface area contributed by atoms with Crippen molar-refractivity contribution in [2.45, 2.75) is 13.8 Å². The van der Waals surface area contributed by atoms with E-state index in [2.05, 4.69) is 31.8 Å². The lowest BCUT2D eigenvalue weighted by Crippen LogP contribution is -2.11. The number of carbonyl (C=O) groups is 1. The Hall–Kier alpha value is -5.12. The van der Waals surface area contributed by atoms with Crippen molar-refractivity contribution in [3.63, 3.8) is 0 Å². The van der Waals surface area contributed by atoms with E-state index in [1.54, 1.807) is 38.2 Å². The SMILES string of the molecule is C=C(C)C(=O)Nc1ccc(-c2c(-c3ccc(Oc4cnc(C)cn4)c(F)c3)c3c(N)ncnc3n2C)cc1. The first kappa shape index (κ1) is 24.6.